The molecule has 0 saturated carbocycles. The summed E-state index contributed by atoms with van der Waals surface area (Å²) in [5.74, 6) is 0. The number of nitrogens with zero attached hydrogens (tertiary/aromatic N) is 1. The summed E-state index contributed by atoms with van der Waals surface area (Å²) in [5.41, 5.74) is 1.28. The number of rotatable bonds is 4. The fourth-order valence-electron chi connectivity index (χ4n) is 1.64. The second-order valence-electron chi connectivity index (χ2n) is 3.54. The molecular weight excluding hydrogens is 282 g/mol. The van der Waals surface area contributed by atoms with Crippen molar-refractivity contribution in [3.63, 3.8) is 0 Å². The molecule has 2 rings (SSSR count). The van der Waals surface area contributed by atoms with E-state index >= 15 is 0 Å². The highest BCUT2D eigenvalue weighted by molar-refractivity contribution is 9.10. The van der Waals surface area contributed by atoms with Crippen LogP contribution in [0.3, 0.4) is 0 Å². The lowest BCUT2D eigenvalue weighted by molar-refractivity contribution is 0.840. The van der Waals surface area contributed by atoms with Crippen LogP contribution in [0.4, 0.5) is 5.69 Å². The van der Waals surface area contributed by atoms with E-state index in [4.69, 9.17) is 0 Å². The van der Waals surface area contributed by atoms with Gasteiger partial charge in [-0.05, 0) is 46.4 Å². The molecule has 0 aliphatic carbocycles. The second-order valence-corrected chi connectivity index (χ2v) is 5.40. The Labute approximate surface area is 109 Å². The molecule has 0 atom stereocenters. The van der Waals surface area contributed by atoms with Crippen LogP contribution in [0, 0.1) is 0 Å². The van der Waals surface area contributed by atoms with Gasteiger partial charge in [0.15, 0.2) is 0 Å². The maximum absolute atomic E-state index is 3.58. The zero-order chi connectivity index (χ0) is 11.4. The maximum atomic E-state index is 3.58. The monoisotopic (exact) mass is 295 g/mol. The first-order chi connectivity index (χ1) is 7.81. The van der Waals surface area contributed by atoms with Gasteiger partial charge in [-0.2, -0.15) is 0 Å². The molecule has 1 nitrogen and oxygen atoms in total. The van der Waals surface area contributed by atoms with E-state index < -0.39 is 0 Å². The molecule has 1 aromatic carbocycles. The summed E-state index contributed by atoms with van der Waals surface area (Å²) in [5, 5.41) is 2.12. The van der Waals surface area contributed by atoms with Crippen LogP contribution < -0.4 is 4.90 Å². The molecular formula is C13H14BrNS. The molecule has 0 unspecified atom stereocenters. The van der Waals surface area contributed by atoms with Crippen LogP contribution in [0.15, 0.2) is 46.3 Å². The highest BCUT2D eigenvalue weighted by Crippen LogP contribution is 2.26. The molecule has 0 radical (unpaired) electrons. The van der Waals surface area contributed by atoms with Gasteiger partial charge >= 0.3 is 0 Å². The third-order valence-corrected chi connectivity index (χ3v) is 4.44. The molecule has 3 heteroatoms. The lowest BCUT2D eigenvalue weighted by atomic mass is 10.3. The Kier molecular flexibility index (Phi) is 4.02. The minimum absolute atomic E-state index is 0.971. The third kappa shape index (κ3) is 2.66. The minimum atomic E-state index is 0.971. The number of benzene rings is 1. The van der Waals surface area contributed by atoms with Gasteiger partial charge in [-0.25, -0.2) is 0 Å². The highest BCUT2D eigenvalue weighted by atomic mass is 79.9. The van der Waals surface area contributed by atoms with Gasteiger partial charge in [0.2, 0.25) is 0 Å². The van der Waals surface area contributed by atoms with Crippen molar-refractivity contribution in [3.8, 4) is 0 Å². The van der Waals surface area contributed by atoms with Crippen molar-refractivity contribution in [1.82, 2.24) is 0 Å². The van der Waals surface area contributed by atoms with Gasteiger partial charge in [-0.3, -0.25) is 0 Å². The number of para-hydroxylation sites is 1. The largest absolute Gasteiger partial charge is 0.367 e. The lowest BCUT2D eigenvalue weighted by Crippen LogP contribution is -2.21. The minimum Gasteiger partial charge on any atom is -0.367 e. The summed E-state index contributed by atoms with van der Waals surface area (Å²) >= 11 is 5.38. The van der Waals surface area contributed by atoms with Crippen LogP contribution in [-0.4, -0.2) is 6.54 Å². The average molecular weight is 296 g/mol. The average Bonchev–Trinajstić information content (AvgIpc) is 2.73. The molecule has 0 amide bonds. The van der Waals surface area contributed by atoms with E-state index in [1.54, 1.807) is 11.3 Å². The van der Waals surface area contributed by atoms with E-state index in [1.807, 2.05) is 0 Å². The lowest BCUT2D eigenvalue weighted by Gasteiger charge is -2.22. The van der Waals surface area contributed by atoms with E-state index in [0.29, 0.717) is 0 Å². The third-order valence-electron chi connectivity index (χ3n) is 2.53. The molecule has 1 heterocycles. The molecule has 84 valence electrons. The van der Waals surface area contributed by atoms with Crippen molar-refractivity contribution in [2.24, 2.45) is 0 Å². The Morgan fingerprint density at radius 1 is 1.19 bits per heavy atom. The predicted molar refractivity (Wildman–Crippen MR) is 75.2 cm³/mol. The summed E-state index contributed by atoms with van der Waals surface area (Å²) < 4.78 is 1.21. The molecule has 16 heavy (non-hydrogen) atoms. The summed E-state index contributed by atoms with van der Waals surface area (Å²) in [4.78, 5) is 3.75. The zero-order valence-corrected chi connectivity index (χ0v) is 11.6. The first-order valence-corrected chi connectivity index (χ1v) is 7.00. The summed E-state index contributed by atoms with van der Waals surface area (Å²) in [6.45, 7) is 4.18. The molecule has 0 fully saturated rings. The van der Waals surface area contributed by atoms with Crippen LogP contribution in [0.25, 0.3) is 0 Å². The number of anilines is 1. The summed E-state index contributed by atoms with van der Waals surface area (Å²) in [6.07, 6.45) is 0. The van der Waals surface area contributed by atoms with E-state index in [-0.39, 0.29) is 0 Å². The fraction of sp³-hybridized carbons (Fsp3) is 0.231. The highest BCUT2D eigenvalue weighted by Gasteiger charge is 2.08. The van der Waals surface area contributed by atoms with Gasteiger partial charge < -0.3 is 4.90 Å². The summed E-state index contributed by atoms with van der Waals surface area (Å²) in [7, 11) is 0. The Balaban J connectivity index is 2.16. The van der Waals surface area contributed by atoms with E-state index in [2.05, 4.69) is 69.5 Å². The maximum Gasteiger partial charge on any atom is 0.0534 e. The molecule has 0 bridgehead atoms. The van der Waals surface area contributed by atoms with Crippen LogP contribution in [0.2, 0.25) is 0 Å². The second kappa shape index (κ2) is 5.51. The molecule has 0 saturated heterocycles. The van der Waals surface area contributed by atoms with Gasteiger partial charge in [0.05, 0.1) is 6.54 Å². The number of hydrogen-bond donors (Lipinski definition) is 0. The van der Waals surface area contributed by atoms with Crippen molar-refractivity contribution >= 4 is 33.0 Å². The SMILES string of the molecule is CCN(Cc1sccc1Br)c1ccccc1. The van der Waals surface area contributed by atoms with Crippen molar-refractivity contribution < 1.29 is 0 Å². The number of halogens is 1. The number of thiophene rings is 1. The predicted octanol–water partition coefficient (Wildman–Crippen LogP) is 4.54. The van der Waals surface area contributed by atoms with E-state index in [9.17, 15) is 0 Å². The van der Waals surface area contributed by atoms with Crippen LogP contribution >= 0.6 is 27.3 Å². The molecule has 1 aromatic heterocycles. The first kappa shape index (κ1) is 11.7. The first-order valence-electron chi connectivity index (χ1n) is 5.33. The normalized spacial score (nSPS) is 10.4. The van der Waals surface area contributed by atoms with Crippen LogP contribution in [-0.2, 0) is 6.54 Å². The van der Waals surface area contributed by atoms with Crippen LogP contribution in [0.1, 0.15) is 11.8 Å². The zero-order valence-electron chi connectivity index (χ0n) is 9.19. The van der Waals surface area contributed by atoms with E-state index in [0.717, 1.165) is 13.1 Å². The van der Waals surface area contributed by atoms with E-state index in [1.165, 1.54) is 15.0 Å². The molecule has 0 N–H and O–H groups in total. The van der Waals surface area contributed by atoms with Crippen LogP contribution in [0.5, 0.6) is 0 Å². The van der Waals surface area contributed by atoms with Crippen molar-refractivity contribution in [3.05, 3.63) is 51.1 Å². The standard InChI is InChI=1S/C13H14BrNS/c1-2-15(11-6-4-3-5-7-11)10-13-12(14)8-9-16-13/h3-9H,2,10H2,1H3. The quantitative estimate of drug-likeness (QED) is 0.801. The van der Waals surface area contributed by atoms with Crippen molar-refractivity contribution in [1.29, 1.82) is 0 Å². The molecule has 2 aromatic rings. The van der Waals surface area contributed by atoms with Gasteiger partial charge in [0, 0.05) is 21.6 Å². The van der Waals surface area contributed by atoms with Gasteiger partial charge in [0.1, 0.15) is 0 Å². The molecule has 0 spiro atoms. The van der Waals surface area contributed by atoms with Crippen molar-refractivity contribution in [2.45, 2.75) is 13.5 Å². The van der Waals surface area contributed by atoms with Gasteiger partial charge in [0.25, 0.3) is 0 Å². The molecule has 0 aliphatic heterocycles. The Morgan fingerprint density at radius 3 is 2.50 bits per heavy atom. The van der Waals surface area contributed by atoms with Gasteiger partial charge in [-0.15, -0.1) is 11.3 Å². The Bertz CT molecular complexity index is 438. The Hall–Kier alpha value is -0.800. The molecule has 0 aliphatic rings. The van der Waals surface area contributed by atoms with Crippen molar-refractivity contribution in [2.75, 3.05) is 11.4 Å². The Morgan fingerprint density at radius 2 is 1.94 bits per heavy atom. The summed E-state index contributed by atoms with van der Waals surface area (Å²) in [6, 6.07) is 12.6. The van der Waals surface area contributed by atoms with Gasteiger partial charge in [-0.1, -0.05) is 18.2 Å². The fourth-order valence-corrected chi connectivity index (χ4v) is 3.13. The topological polar surface area (TPSA) is 3.24 Å². The smallest absolute Gasteiger partial charge is 0.0534 e. The number of hydrogen-bond acceptors (Lipinski definition) is 2.